The SMILES string of the molecule is CC1CN(S(=O)(=O)c2ccc3c(c2)CCO3)CC(=O)N1. The molecule has 6 nitrogen and oxygen atoms in total. The Morgan fingerprint density at radius 1 is 1.40 bits per heavy atom. The van der Waals surface area contributed by atoms with Crippen molar-refractivity contribution >= 4 is 15.9 Å². The van der Waals surface area contributed by atoms with Crippen LogP contribution in [0.1, 0.15) is 12.5 Å². The number of carbonyl (C=O) groups excluding carboxylic acids is 1. The Kier molecular flexibility index (Phi) is 3.18. The molecule has 20 heavy (non-hydrogen) atoms. The lowest BCUT2D eigenvalue weighted by Crippen LogP contribution is -2.54. The van der Waals surface area contributed by atoms with Crippen molar-refractivity contribution in [2.24, 2.45) is 0 Å². The molecule has 1 saturated heterocycles. The van der Waals surface area contributed by atoms with E-state index in [4.69, 9.17) is 4.74 Å². The third-order valence-corrected chi connectivity index (χ3v) is 5.31. The first-order chi connectivity index (χ1) is 9.46. The molecule has 2 aliphatic rings. The number of hydrogen-bond acceptors (Lipinski definition) is 4. The summed E-state index contributed by atoms with van der Waals surface area (Å²) in [4.78, 5) is 11.7. The van der Waals surface area contributed by atoms with Gasteiger partial charge in [0.25, 0.3) is 0 Å². The number of nitrogens with zero attached hydrogens (tertiary/aromatic N) is 1. The highest BCUT2D eigenvalue weighted by Gasteiger charge is 2.32. The van der Waals surface area contributed by atoms with Crippen LogP contribution in [0.2, 0.25) is 0 Å². The predicted octanol–water partition coefficient (Wildman–Crippen LogP) is 0.131. The van der Waals surface area contributed by atoms with Crippen LogP contribution in [-0.2, 0) is 21.2 Å². The van der Waals surface area contributed by atoms with Crippen LogP contribution in [0.3, 0.4) is 0 Å². The van der Waals surface area contributed by atoms with Crippen LogP contribution in [0.4, 0.5) is 0 Å². The van der Waals surface area contributed by atoms with Gasteiger partial charge in [0.2, 0.25) is 15.9 Å². The van der Waals surface area contributed by atoms with E-state index in [2.05, 4.69) is 5.32 Å². The molecule has 1 fully saturated rings. The minimum Gasteiger partial charge on any atom is -0.493 e. The molecule has 1 amide bonds. The van der Waals surface area contributed by atoms with Gasteiger partial charge >= 0.3 is 0 Å². The van der Waals surface area contributed by atoms with E-state index in [1.165, 1.54) is 10.4 Å². The maximum Gasteiger partial charge on any atom is 0.243 e. The molecule has 2 aliphatic heterocycles. The first kappa shape index (κ1) is 13.4. The summed E-state index contributed by atoms with van der Waals surface area (Å²) in [6.07, 6.45) is 0.718. The molecule has 1 aromatic carbocycles. The van der Waals surface area contributed by atoms with Gasteiger partial charge in [-0.05, 0) is 30.7 Å². The molecule has 108 valence electrons. The highest BCUT2D eigenvalue weighted by molar-refractivity contribution is 7.89. The predicted molar refractivity (Wildman–Crippen MR) is 72.0 cm³/mol. The van der Waals surface area contributed by atoms with Crippen LogP contribution in [-0.4, -0.2) is 44.4 Å². The Hall–Kier alpha value is -1.60. The van der Waals surface area contributed by atoms with E-state index in [1.54, 1.807) is 19.1 Å². The number of piperazine rings is 1. The zero-order valence-electron chi connectivity index (χ0n) is 11.1. The van der Waals surface area contributed by atoms with Crippen molar-refractivity contribution in [3.8, 4) is 5.75 Å². The third-order valence-electron chi connectivity index (χ3n) is 3.50. The molecule has 0 bridgehead atoms. The number of amides is 1. The van der Waals surface area contributed by atoms with E-state index >= 15 is 0 Å². The van der Waals surface area contributed by atoms with E-state index < -0.39 is 10.0 Å². The van der Waals surface area contributed by atoms with Gasteiger partial charge in [-0.2, -0.15) is 4.31 Å². The topological polar surface area (TPSA) is 75.7 Å². The van der Waals surface area contributed by atoms with Crippen molar-refractivity contribution in [3.63, 3.8) is 0 Å². The van der Waals surface area contributed by atoms with Crippen molar-refractivity contribution in [2.45, 2.75) is 24.3 Å². The highest BCUT2D eigenvalue weighted by atomic mass is 32.2. The second-order valence-electron chi connectivity index (χ2n) is 5.13. The van der Waals surface area contributed by atoms with Crippen molar-refractivity contribution in [1.29, 1.82) is 0 Å². The van der Waals surface area contributed by atoms with Crippen LogP contribution in [0.25, 0.3) is 0 Å². The standard InChI is InChI=1S/C13H16N2O4S/c1-9-7-15(8-13(16)14-9)20(17,18)11-2-3-12-10(6-11)4-5-19-12/h2-3,6,9H,4-5,7-8H2,1H3,(H,14,16). The monoisotopic (exact) mass is 296 g/mol. The zero-order chi connectivity index (χ0) is 14.3. The van der Waals surface area contributed by atoms with E-state index in [9.17, 15) is 13.2 Å². The van der Waals surface area contributed by atoms with Gasteiger partial charge < -0.3 is 10.1 Å². The lowest BCUT2D eigenvalue weighted by atomic mass is 10.2. The third kappa shape index (κ3) is 2.27. The molecule has 3 rings (SSSR count). The lowest BCUT2D eigenvalue weighted by molar-refractivity contribution is -0.123. The molecular formula is C13H16N2O4S. The summed E-state index contributed by atoms with van der Waals surface area (Å²) in [5.74, 6) is 0.477. The smallest absolute Gasteiger partial charge is 0.243 e. The number of nitrogens with one attached hydrogen (secondary N) is 1. The van der Waals surface area contributed by atoms with Crippen LogP contribution in [0.5, 0.6) is 5.75 Å². The first-order valence-electron chi connectivity index (χ1n) is 6.52. The molecule has 1 unspecified atom stereocenters. The Morgan fingerprint density at radius 2 is 2.20 bits per heavy atom. The molecule has 0 radical (unpaired) electrons. The molecule has 1 atom stereocenters. The summed E-state index contributed by atoms with van der Waals surface area (Å²) in [7, 11) is -3.63. The summed E-state index contributed by atoms with van der Waals surface area (Å²) in [5.41, 5.74) is 0.903. The highest BCUT2D eigenvalue weighted by Crippen LogP contribution is 2.29. The van der Waals surface area contributed by atoms with E-state index in [1.807, 2.05) is 0 Å². The number of carbonyl (C=O) groups is 1. The molecular weight excluding hydrogens is 280 g/mol. The molecule has 1 N–H and O–H groups in total. The summed E-state index contributed by atoms with van der Waals surface area (Å²) in [6.45, 7) is 2.54. The Balaban J connectivity index is 1.93. The molecule has 0 aromatic heterocycles. The minimum atomic E-state index is -3.63. The fourth-order valence-electron chi connectivity index (χ4n) is 2.55. The second-order valence-corrected chi connectivity index (χ2v) is 7.07. The molecule has 2 heterocycles. The Bertz CT molecular complexity index is 656. The summed E-state index contributed by atoms with van der Waals surface area (Å²) in [6, 6.07) is 4.69. The maximum absolute atomic E-state index is 12.6. The van der Waals surface area contributed by atoms with Crippen molar-refractivity contribution < 1.29 is 17.9 Å². The maximum atomic E-state index is 12.6. The van der Waals surface area contributed by atoms with Crippen molar-refractivity contribution in [1.82, 2.24) is 9.62 Å². The number of benzene rings is 1. The van der Waals surface area contributed by atoms with Gasteiger partial charge in [0, 0.05) is 19.0 Å². The fraction of sp³-hybridized carbons (Fsp3) is 0.462. The van der Waals surface area contributed by atoms with Gasteiger partial charge in [0.1, 0.15) is 5.75 Å². The van der Waals surface area contributed by atoms with Crippen LogP contribution in [0.15, 0.2) is 23.1 Å². The molecule has 7 heteroatoms. The number of hydrogen-bond donors (Lipinski definition) is 1. The van der Waals surface area contributed by atoms with Gasteiger partial charge in [0.15, 0.2) is 0 Å². The van der Waals surface area contributed by atoms with Crippen LogP contribution < -0.4 is 10.1 Å². The number of ether oxygens (including phenoxy) is 1. The Morgan fingerprint density at radius 3 is 2.95 bits per heavy atom. The van der Waals surface area contributed by atoms with Crippen LogP contribution in [0, 0.1) is 0 Å². The fourth-order valence-corrected chi connectivity index (χ4v) is 4.09. The van der Waals surface area contributed by atoms with Gasteiger partial charge in [-0.3, -0.25) is 4.79 Å². The molecule has 0 spiro atoms. The van der Waals surface area contributed by atoms with Crippen molar-refractivity contribution in [3.05, 3.63) is 23.8 Å². The average molecular weight is 296 g/mol. The van der Waals surface area contributed by atoms with E-state index in [0.717, 1.165) is 17.7 Å². The second kappa shape index (κ2) is 4.75. The van der Waals surface area contributed by atoms with Crippen molar-refractivity contribution in [2.75, 3.05) is 19.7 Å². The summed E-state index contributed by atoms with van der Waals surface area (Å²) < 4.78 is 31.8. The summed E-state index contributed by atoms with van der Waals surface area (Å²) >= 11 is 0. The molecule has 1 aromatic rings. The lowest BCUT2D eigenvalue weighted by Gasteiger charge is -2.30. The van der Waals surface area contributed by atoms with Gasteiger partial charge in [-0.15, -0.1) is 0 Å². The van der Waals surface area contributed by atoms with Gasteiger partial charge in [-0.25, -0.2) is 8.42 Å². The normalized spacial score (nSPS) is 23.1. The average Bonchev–Trinajstić information content (AvgIpc) is 2.84. The minimum absolute atomic E-state index is 0.125. The van der Waals surface area contributed by atoms with Crippen LogP contribution >= 0.6 is 0 Å². The number of sulfonamides is 1. The Labute approximate surface area is 117 Å². The largest absolute Gasteiger partial charge is 0.493 e. The number of fused-ring (bicyclic) bond motifs is 1. The van der Waals surface area contributed by atoms with Gasteiger partial charge in [-0.1, -0.05) is 0 Å². The summed E-state index contributed by atoms with van der Waals surface area (Å²) in [5, 5.41) is 2.71. The van der Waals surface area contributed by atoms with E-state index in [0.29, 0.717) is 13.2 Å². The number of rotatable bonds is 2. The van der Waals surface area contributed by atoms with E-state index in [-0.39, 0.29) is 23.4 Å². The zero-order valence-corrected chi connectivity index (χ0v) is 11.9. The first-order valence-corrected chi connectivity index (χ1v) is 7.96. The quantitative estimate of drug-likeness (QED) is 0.842. The van der Waals surface area contributed by atoms with Gasteiger partial charge in [0.05, 0.1) is 18.0 Å². The molecule has 0 aliphatic carbocycles. The molecule has 0 saturated carbocycles.